The molecule has 14 heteroatoms. The Balaban J connectivity index is 1.56. The number of hydrogen-bond acceptors (Lipinski definition) is 13. The molecule has 2 aliphatic heterocycles. The molecule has 2 saturated heterocycles. The van der Waals surface area contributed by atoms with Crippen LogP contribution in [-0.2, 0) is 23.7 Å². The zero-order valence-corrected chi connectivity index (χ0v) is 49.5. The lowest BCUT2D eigenvalue weighted by atomic mass is 9.97. The van der Waals surface area contributed by atoms with Gasteiger partial charge in [0, 0.05) is 6.42 Å². The molecule has 12 atom stereocenters. The number of carbonyl (C=O) groups excluding carboxylic acids is 1. The summed E-state index contributed by atoms with van der Waals surface area (Å²) in [6.45, 7) is 2.63. The van der Waals surface area contributed by atoms with Crippen LogP contribution in [0.4, 0.5) is 0 Å². The molecule has 1 amide bonds. The van der Waals surface area contributed by atoms with E-state index in [0.29, 0.717) is 12.8 Å². The van der Waals surface area contributed by atoms with Crippen LogP contribution < -0.4 is 5.32 Å². The summed E-state index contributed by atoms with van der Waals surface area (Å²) in [4.78, 5) is 13.2. The maximum atomic E-state index is 13.2. The van der Waals surface area contributed by atoms with Crippen molar-refractivity contribution in [2.75, 3.05) is 19.8 Å². The van der Waals surface area contributed by atoms with E-state index in [1.54, 1.807) is 0 Å². The van der Waals surface area contributed by atoms with Gasteiger partial charge in [0.25, 0.3) is 0 Å². The fourth-order valence-electron chi connectivity index (χ4n) is 9.18. The lowest BCUT2D eigenvalue weighted by molar-refractivity contribution is -0.359. The number of aliphatic hydroxyl groups excluding tert-OH is 8. The third kappa shape index (κ3) is 35.8. The Hall–Kier alpha value is -3.87. The molecule has 0 aromatic carbocycles. The maximum Gasteiger partial charge on any atom is 0.220 e. The third-order valence-electron chi connectivity index (χ3n) is 14.1. The standard InChI is InChI=1S/C67H109NO13/c1-3-5-7-9-11-12-13-14-15-16-17-18-19-20-21-22-23-24-25-26-27-28-29-30-31-32-33-34-35-36-37-38-39-40-41-42-43-44-45-47-49-51-59(72)68-55(56(71)50-48-46-10-8-6-4-2)54-78-66-64(77)62(75)65(58(53-70)80-66)81-67-63(76)61(74)60(73)57(52-69)79-67/h5,7,11-12,14-15,17-18,20-21,23-24,26-27,29-30,32-33,35-36,38-39,55-58,60-67,69-71,73-77H,3-4,6,8-10,13,16,19,22,25,28,31,34,37,40-54H2,1-2H3,(H,68,72)/b7-5-,12-11-,15-14-,18-17-,21-20-,24-23-,27-26-,30-29-,33-32-,36-35-,39-38-. The normalized spacial score (nSPS) is 25.1. The van der Waals surface area contributed by atoms with Gasteiger partial charge in [0.1, 0.15) is 48.8 Å². The average Bonchev–Trinajstić information content (AvgIpc) is 3.55. The molecule has 0 radical (unpaired) electrons. The summed E-state index contributed by atoms with van der Waals surface area (Å²) in [5.74, 6) is -0.230. The van der Waals surface area contributed by atoms with E-state index >= 15 is 0 Å². The van der Waals surface area contributed by atoms with Gasteiger partial charge in [-0.2, -0.15) is 0 Å². The predicted octanol–water partition coefficient (Wildman–Crippen LogP) is 11.2. The maximum absolute atomic E-state index is 13.2. The molecule has 0 aliphatic carbocycles. The number of allylic oxidation sites excluding steroid dienone is 22. The molecular formula is C67H109NO13. The van der Waals surface area contributed by atoms with E-state index in [9.17, 15) is 45.6 Å². The largest absolute Gasteiger partial charge is 0.394 e. The predicted molar refractivity (Wildman–Crippen MR) is 327 cm³/mol. The average molecular weight is 1140 g/mol. The second kappa shape index (κ2) is 50.6. The summed E-state index contributed by atoms with van der Waals surface area (Å²) >= 11 is 0. The van der Waals surface area contributed by atoms with Crippen molar-refractivity contribution in [1.29, 1.82) is 0 Å². The van der Waals surface area contributed by atoms with E-state index in [-0.39, 0.29) is 18.9 Å². The third-order valence-corrected chi connectivity index (χ3v) is 14.1. The van der Waals surface area contributed by atoms with Gasteiger partial charge < -0.3 is 65.1 Å². The summed E-state index contributed by atoms with van der Waals surface area (Å²) in [5.41, 5.74) is 0. The monoisotopic (exact) mass is 1140 g/mol. The Bertz CT molecular complexity index is 1870. The number of ether oxygens (including phenoxy) is 4. The molecule has 2 rings (SSSR count). The van der Waals surface area contributed by atoms with Gasteiger partial charge in [0.2, 0.25) is 5.91 Å². The number of nitrogens with one attached hydrogen (secondary N) is 1. The van der Waals surface area contributed by atoms with Crippen molar-refractivity contribution in [2.45, 2.75) is 261 Å². The quantitative estimate of drug-likeness (QED) is 0.0204. The topological polar surface area (TPSA) is 228 Å². The second-order valence-corrected chi connectivity index (χ2v) is 21.1. The van der Waals surface area contributed by atoms with Crippen LogP contribution >= 0.6 is 0 Å². The molecule has 2 heterocycles. The van der Waals surface area contributed by atoms with Gasteiger partial charge in [-0.1, -0.05) is 218 Å². The first kappa shape index (κ1) is 73.2. The van der Waals surface area contributed by atoms with E-state index in [4.69, 9.17) is 18.9 Å². The minimum Gasteiger partial charge on any atom is -0.394 e. The SMILES string of the molecule is CC/C=C\C/C=C\C/C=C\C/C=C\C/C=C\C/C=C\C/C=C\C/C=C\C/C=C\C/C=C\C/C=C\CCCCCCCCCC(=O)NC(COC1OC(CO)C(OC2OC(CO)C(O)C(O)C2O)C(O)C1O)C(O)CCCCCCCC. The minimum atomic E-state index is -1.79. The molecule has 0 aromatic heterocycles. The summed E-state index contributed by atoms with van der Waals surface area (Å²) in [5, 5.41) is 86.7. The summed E-state index contributed by atoms with van der Waals surface area (Å²) < 4.78 is 22.7. The Morgan fingerprint density at radius 1 is 0.457 bits per heavy atom. The van der Waals surface area contributed by atoms with Gasteiger partial charge in [0.15, 0.2) is 12.6 Å². The number of rotatable bonds is 47. The van der Waals surface area contributed by atoms with Crippen molar-refractivity contribution in [3.63, 3.8) is 0 Å². The number of hydrogen-bond donors (Lipinski definition) is 9. The van der Waals surface area contributed by atoms with Crippen molar-refractivity contribution in [2.24, 2.45) is 0 Å². The van der Waals surface area contributed by atoms with Crippen LogP contribution in [0.5, 0.6) is 0 Å². The van der Waals surface area contributed by atoms with Crippen molar-refractivity contribution >= 4 is 5.91 Å². The summed E-state index contributed by atoms with van der Waals surface area (Å²) in [7, 11) is 0. The van der Waals surface area contributed by atoms with E-state index in [1.807, 2.05) is 0 Å². The van der Waals surface area contributed by atoms with Gasteiger partial charge in [-0.25, -0.2) is 0 Å². The smallest absolute Gasteiger partial charge is 0.220 e. The molecule has 81 heavy (non-hydrogen) atoms. The molecule has 460 valence electrons. The van der Waals surface area contributed by atoms with E-state index in [2.05, 4.69) is 153 Å². The molecular weight excluding hydrogens is 1030 g/mol. The van der Waals surface area contributed by atoms with Crippen molar-refractivity contribution in [1.82, 2.24) is 5.32 Å². The molecule has 0 bridgehead atoms. The first-order valence-electron chi connectivity index (χ1n) is 30.9. The molecule has 14 nitrogen and oxygen atoms in total. The van der Waals surface area contributed by atoms with Crippen molar-refractivity contribution in [3.8, 4) is 0 Å². The van der Waals surface area contributed by atoms with E-state index < -0.39 is 86.8 Å². The molecule has 0 spiro atoms. The van der Waals surface area contributed by atoms with Crippen LogP contribution in [-0.4, -0.2) is 140 Å². The van der Waals surface area contributed by atoms with Crippen molar-refractivity contribution in [3.05, 3.63) is 134 Å². The highest BCUT2D eigenvalue weighted by atomic mass is 16.7. The molecule has 2 fully saturated rings. The van der Waals surface area contributed by atoms with Crippen LogP contribution in [0.3, 0.4) is 0 Å². The Morgan fingerprint density at radius 3 is 1.31 bits per heavy atom. The highest BCUT2D eigenvalue weighted by molar-refractivity contribution is 5.76. The van der Waals surface area contributed by atoms with E-state index in [1.165, 1.54) is 6.42 Å². The highest BCUT2D eigenvalue weighted by Crippen LogP contribution is 2.30. The zero-order valence-electron chi connectivity index (χ0n) is 49.5. The molecule has 9 N–H and O–H groups in total. The first-order valence-corrected chi connectivity index (χ1v) is 30.9. The van der Waals surface area contributed by atoms with Gasteiger partial charge in [-0.3, -0.25) is 4.79 Å². The molecule has 2 aliphatic rings. The minimum absolute atomic E-state index is 0.230. The second-order valence-electron chi connectivity index (χ2n) is 21.1. The number of aliphatic hydroxyl groups is 8. The molecule has 12 unspecified atom stereocenters. The Kier molecular flexibility index (Phi) is 45.8. The summed E-state index contributed by atoms with van der Waals surface area (Å²) in [6.07, 6.45) is 58.1. The van der Waals surface area contributed by atoms with Crippen LogP contribution in [0.2, 0.25) is 0 Å². The fourth-order valence-corrected chi connectivity index (χ4v) is 9.18. The molecule has 0 aromatic rings. The van der Waals surface area contributed by atoms with Crippen molar-refractivity contribution < 1.29 is 64.6 Å². The highest BCUT2D eigenvalue weighted by Gasteiger charge is 2.51. The Labute approximate surface area is 488 Å². The van der Waals surface area contributed by atoms with Gasteiger partial charge >= 0.3 is 0 Å². The van der Waals surface area contributed by atoms with Crippen LogP contribution in [0.15, 0.2) is 134 Å². The van der Waals surface area contributed by atoms with Crippen LogP contribution in [0.1, 0.15) is 187 Å². The lowest BCUT2D eigenvalue weighted by Crippen LogP contribution is -2.65. The summed E-state index contributed by atoms with van der Waals surface area (Å²) in [6, 6.07) is -0.840. The van der Waals surface area contributed by atoms with Gasteiger partial charge in [0.05, 0.1) is 32.0 Å². The first-order chi connectivity index (χ1) is 39.6. The number of unbranched alkanes of at least 4 members (excludes halogenated alkanes) is 12. The van der Waals surface area contributed by atoms with E-state index in [0.717, 1.165) is 148 Å². The number of amides is 1. The Morgan fingerprint density at radius 2 is 0.852 bits per heavy atom. The zero-order chi connectivity index (χ0) is 58.8. The fraction of sp³-hybridized carbons (Fsp3) is 0.657. The lowest BCUT2D eigenvalue weighted by Gasteiger charge is -2.46. The van der Waals surface area contributed by atoms with Gasteiger partial charge in [-0.05, 0) is 96.3 Å². The number of carbonyl (C=O) groups is 1. The van der Waals surface area contributed by atoms with Crippen LogP contribution in [0.25, 0.3) is 0 Å². The van der Waals surface area contributed by atoms with Crippen LogP contribution in [0, 0.1) is 0 Å². The van der Waals surface area contributed by atoms with Gasteiger partial charge in [-0.15, -0.1) is 0 Å². The molecule has 0 saturated carbocycles.